The number of hydrogen-bond donors (Lipinski definition) is 0. The molecule has 1 aromatic rings. The van der Waals surface area contributed by atoms with Gasteiger partial charge in [-0.15, -0.1) is 0 Å². The second-order valence-electron chi connectivity index (χ2n) is 4.89. The summed E-state index contributed by atoms with van der Waals surface area (Å²) >= 11 is 5.48. The Labute approximate surface area is 128 Å². The lowest BCUT2D eigenvalue weighted by atomic mass is 10.1. The number of halogens is 1. The molecule has 2 nitrogen and oxygen atoms in total. The first-order valence-electron chi connectivity index (χ1n) is 6.81. The fraction of sp³-hybridized carbons (Fsp3) is 0.533. The molecule has 1 aliphatic rings. The Morgan fingerprint density at radius 3 is 3.11 bits per heavy atom. The number of rotatable bonds is 5. The van der Waals surface area contributed by atoms with E-state index >= 15 is 0 Å². The number of thioether (sulfide) groups is 1. The molecule has 0 amide bonds. The third-order valence-electron chi connectivity index (χ3n) is 3.48. The van der Waals surface area contributed by atoms with E-state index in [4.69, 9.17) is 0 Å². The summed E-state index contributed by atoms with van der Waals surface area (Å²) in [5.74, 6) is 1.44. The highest BCUT2D eigenvalue weighted by molar-refractivity contribution is 9.10. The Kier molecular flexibility index (Phi) is 5.92. The Morgan fingerprint density at radius 2 is 2.37 bits per heavy atom. The monoisotopic (exact) mass is 341 g/mol. The molecule has 1 saturated heterocycles. The summed E-state index contributed by atoms with van der Waals surface area (Å²) in [6.07, 6.45) is 1.85. The second kappa shape index (κ2) is 7.46. The van der Waals surface area contributed by atoms with Gasteiger partial charge in [-0.2, -0.15) is 11.8 Å². The summed E-state index contributed by atoms with van der Waals surface area (Å²) in [6, 6.07) is 7.67. The van der Waals surface area contributed by atoms with Crippen molar-refractivity contribution in [3.8, 4) is 0 Å². The molecule has 0 saturated carbocycles. The van der Waals surface area contributed by atoms with E-state index < -0.39 is 0 Å². The normalized spacial score (nSPS) is 20.4. The minimum absolute atomic E-state index is 0.243. The minimum atomic E-state index is 0.243. The van der Waals surface area contributed by atoms with Crippen LogP contribution in [-0.4, -0.2) is 41.3 Å². The maximum absolute atomic E-state index is 12.1. The predicted molar refractivity (Wildman–Crippen MR) is 86.1 cm³/mol. The van der Waals surface area contributed by atoms with Crippen LogP contribution in [0, 0.1) is 0 Å². The van der Waals surface area contributed by atoms with E-state index in [0.29, 0.717) is 6.42 Å². The molecule has 1 heterocycles. The SMILES string of the molecule is CCC1CN(CCC(=O)c2cccc(Br)c2)CCS1. The molecule has 1 fully saturated rings. The zero-order chi connectivity index (χ0) is 13.7. The van der Waals surface area contributed by atoms with E-state index in [2.05, 4.69) is 39.5 Å². The third kappa shape index (κ3) is 4.62. The lowest BCUT2D eigenvalue weighted by molar-refractivity contribution is 0.0964. The van der Waals surface area contributed by atoms with Crippen LogP contribution in [0.4, 0.5) is 0 Å². The van der Waals surface area contributed by atoms with Crippen molar-refractivity contribution < 1.29 is 4.79 Å². The molecule has 1 aromatic carbocycles. The second-order valence-corrected chi connectivity index (χ2v) is 7.21. The fourth-order valence-corrected chi connectivity index (χ4v) is 3.94. The van der Waals surface area contributed by atoms with Gasteiger partial charge in [0.1, 0.15) is 0 Å². The molecule has 104 valence electrons. The van der Waals surface area contributed by atoms with Crippen molar-refractivity contribution in [1.82, 2.24) is 4.90 Å². The Bertz CT molecular complexity index is 438. The van der Waals surface area contributed by atoms with Gasteiger partial charge in [0.05, 0.1) is 0 Å². The molecule has 1 aliphatic heterocycles. The van der Waals surface area contributed by atoms with Crippen molar-refractivity contribution in [2.45, 2.75) is 25.0 Å². The van der Waals surface area contributed by atoms with Crippen molar-refractivity contribution in [3.63, 3.8) is 0 Å². The van der Waals surface area contributed by atoms with Crippen LogP contribution in [0.2, 0.25) is 0 Å². The van der Waals surface area contributed by atoms with E-state index in [-0.39, 0.29) is 5.78 Å². The van der Waals surface area contributed by atoms with Gasteiger partial charge in [-0.1, -0.05) is 35.0 Å². The van der Waals surface area contributed by atoms with Gasteiger partial charge in [-0.25, -0.2) is 0 Å². The van der Waals surface area contributed by atoms with Crippen LogP contribution in [0.25, 0.3) is 0 Å². The summed E-state index contributed by atoms with van der Waals surface area (Å²) in [5, 5.41) is 0.745. The van der Waals surface area contributed by atoms with Crippen LogP contribution in [-0.2, 0) is 0 Å². The van der Waals surface area contributed by atoms with Crippen LogP contribution in [0.5, 0.6) is 0 Å². The van der Waals surface area contributed by atoms with E-state index in [1.807, 2.05) is 24.3 Å². The highest BCUT2D eigenvalue weighted by atomic mass is 79.9. The topological polar surface area (TPSA) is 20.3 Å². The average molecular weight is 342 g/mol. The fourth-order valence-electron chi connectivity index (χ4n) is 2.30. The van der Waals surface area contributed by atoms with E-state index in [1.165, 1.54) is 12.2 Å². The molecule has 0 aliphatic carbocycles. The van der Waals surface area contributed by atoms with E-state index in [9.17, 15) is 4.79 Å². The molecule has 4 heteroatoms. The highest BCUT2D eigenvalue weighted by Gasteiger charge is 2.19. The van der Waals surface area contributed by atoms with Crippen molar-refractivity contribution >= 4 is 33.5 Å². The Morgan fingerprint density at radius 1 is 1.53 bits per heavy atom. The van der Waals surface area contributed by atoms with E-state index in [1.54, 1.807) is 0 Å². The van der Waals surface area contributed by atoms with Gasteiger partial charge in [0.15, 0.2) is 5.78 Å². The van der Waals surface area contributed by atoms with Crippen molar-refractivity contribution in [2.24, 2.45) is 0 Å². The number of Topliss-reactive ketones (excluding diaryl/α,β-unsaturated/α-hetero) is 1. The molecule has 19 heavy (non-hydrogen) atoms. The largest absolute Gasteiger partial charge is 0.301 e. The quantitative estimate of drug-likeness (QED) is 0.758. The molecule has 0 aromatic heterocycles. The number of nitrogens with zero attached hydrogens (tertiary/aromatic N) is 1. The van der Waals surface area contributed by atoms with Crippen LogP contribution in [0.3, 0.4) is 0 Å². The first-order chi connectivity index (χ1) is 9.19. The molecule has 1 atom stereocenters. The van der Waals surface area contributed by atoms with Gasteiger partial charge in [-0.3, -0.25) is 4.79 Å². The minimum Gasteiger partial charge on any atom is -0.301 e. The van der Waals surface area contributed by atoms with Crippen molar-refractivity contribution in [3.05, 3.63) is 34.3 Å². The molecule has 0 bridgehead atoms. The summed E-state index contributed by atoms with van der Waals surface area (Å²) in [6.45, 7) is 5.39. The number of ketones is 1. The van der Waals surface area contributed by atoms with Crippen molar-refractivity contribution in [1.29, 1.82) is 0 Å². The lowest BCUT2D eigenvalue weighted by Gasteiger charge is -2.31. The molecule has 0 radical (unpaired) electrons. The number of carbonyl (C=O) groups is 1. The lowest BCUT2D eigenvalue weighted by Crippen LogP contribution is -2.38. The Hall–Kier alpha value is -0.320. The highest BCUT2D eigenvalue weighted by Crippen LogP contribution is 2.21. The smallest absolute Gasteiger partial charge is 0.164 e. The van der Waals surface area contributed by atoms with Crippen LogP contribution in [0.15, 0.2) is 28.7 Å². The van der Waals surface area contributed by atoms with Crippen LogP contribution >= 0.6 is 27.7 Å². The first-order valence-corrected chi connectivity index (χ1v) is 8.66. The summed E-state index contributed by atoms with van der Waals surface area (Å²) in [7, 11) is 0. The van der Waals surface area contributed by atoms with Crippen LogP contribution in [0.1, 0.15) is 30.1 Å². The van der Waals surface area contributed by atoms with Crippen molar-refractivity contribution in [2.75, 3.05) is 25.4 Å². The Balaban J connectivity index is 1.83. The third-order valence-corrected chi connectivity index (χ3v) is 5.35. The summed E-state index contributed by atoms with van der Waals surface area (Å²) in [5.41, 5.74) is 0.813. The van der Waals surface area contributed by atoms with Gasteiger partial charge in [0.25, 0.3) is 0 Å². The summed E-state index contributed by atoms with van der Waals surface area (Å²) < 4.78 is 0.971. The standard InChI is InChI=1S/C15H20BrNOS/c1-2-14-11-17(8-9-19-14)7-6-15(18)12-4-3-5-13(16)10-12/h3-5,10,14H,2,6-9,11H2,1H3. The molecule has 2 rings (SSSR count). The van der Waals surface area contributed by atoms with Crippen LogP contribution < -0.4 is 0 Å². The van der Waals surface area contributed by atoms with E-state index in [0.717, 1.165) is 34.9 Å². The maximum Gasteiger partial charge on any atom is 0.164 e. The zero-order valence-electron chi connectivity index (χ0n) is 11.3. The summed E-state index contributed by atoms with van der Waals surface area (Å²) in [4.78, 5) is 14.6. The average Bonchev–Trinajstić information content (AvgIpc) is 2.45. The van der Waals surface area contributed by atoms with Gasteiger partial charge in [0.2, 0.25) is 0 Å². The van der Waals surface area contributed by atoms with Gasteiger partial charge in [-0.05, 0) is 18.6 Å². The van der Waals surface area contributed by atoms with Gasteiger partial charge < -0.3 is 4.90 Å². The number of benzene rings is 1. The molecular formula is C15H20BrNOS. The molecule has 0 N–H and O–H groups in total. The predicted octanol–water partition coefficient (Wildman–Crippen LogP) is 3.85. The number of carbonyl (C=O) groups excluding carboxylic acids is 1. The zero-order valence-corrected chi connectivity index (χ0v) is 13.7. The van der Waals surface area contributed by atoms with Gasteiger partial charge in [0, 0.05) is 47.1 Å². The number of hydrogen-bond acceptors (Lipinski definition) is 3. The maximum atomic E-state index is 12.1. The van der Waals surface area contributed by atoms with Gasteiger partial charge >= 0.3 is 0 Å². The molecule has 0 spiro atoms. The molecule has 1 unspecified atom stereocenters. The molecular weight excluding hydrogens is 322 g/mol. The first kappa shape index (κ1) is 15.1.